The average molecular weight is 442 g/mol. The molecule has 3 amide bonds. The van der Waals surface area contributed by atoms with E-state index in [1.165, 1.54) is 47.8 Å². The third-order valence-corrected chi connectivity index (χ3v) is 6.30. The third-order valence-electron chi connectivity index (χ3n) is 4.00. The number of benzene rings is 1. The predicted molar refractivity (Wildman–Crippen MR) is 113 cm³/mol. The van der Waals surface area contributed by atoms with E-state index in [1.54, 1.807) is 24.3 Å². The first-order chi connectivity index (χ1) is 14.6. The summed E-state index contributed by atoms with van der Waals surface area (Å²) in [5, 5.41) is 5.46. The lowest BCUT2D eigenvalue weighted by atomic mass is 10.2. The summed E-state index contributed by atoms with van der Waals surface area (Å²) in [6, 6.07) is 11.0. The van der Waals surface area contributed by atoms with Gasteiger partial charge < -0.3 is 9.73 Å². The Morgan fingerprint density at radius 2 is 2.00 bits per heavy atom. The number of rotatable bonds is 6. The number of amides is 3. The van der Waals surface area contributed by atoms with E-state index in [-0.39, 0.29) is 18.1 Å². The maximum absolute atomic E-state index is 13.2. The minimum absolute atomic E-state index is 0.0179. The quantitative estimate of drug-likeness (QED) is 0.343. The molecule has 0 aliphatic heterocycles. The van der Waals surface area contributed by atoms with Crippen LogP contribution in [0, 0.1) is 5.82 Å². The molecule has 0 bridgehead atoms. The highest BCUT2D eigenvalue weighted by molar-refractivity contribution is 8.00. The van der Waals surface area contributed by atoms with Crippen LogP contribution in [0.15, 0.2) is 64.5 Å². The Kier molecular flexibility index (Phi) is 6.05. The molecule has 0 radical (unpaired) electrons. The monoisotopic (exact) mass is 442 g/mol. The Bertz CT molecular complexity index is 1180. The minimum atomic E-state index is -0.598. The fraction of sp³-hybridized carbons (Fsp3) is 0.100. The van der Waals surface area contributed by atoms with Crippen LogP contribution in [0.4, 0.5) is 9.18 Å². The van der Waals surface area contributed by atoms with Crippen molar-refractivity contribution in [3.63, 3.8) is 0 Å². The van der Waals surface area contributed by atoms with Crippen LogP contribution in [0.1, 0.15) is 5.76 Å². The van der Waals surface area contributed by atoms with Crippen LogP contribution >= 0.6 is 23.1 Å². The van der Waals surface area contributed by atoms with E-state index in [0.29, 0.717) is 10.8 Å². The summed E-state index contributed by atoms with van der Waals surface area (Å²) in [7, 11) is 0. The molecule has 10 heteroatoms. The molecule has 30 heavy (non-hydrogen) atoms. The summed E-state index contributed by atoms with van der Waals surface area (Å²) in [6.07, 6.45) is 2.94. The van der Waals surface area contributed by atoms with Crippen molar-refractivity contribution in [1.29, 1.82) is 0 Å². The van der Waals surface area contributed by atoms with Crippen molar-refractivity contribution in [2.45, 2.75) is 11.6 Å². The maximum atomic E-state index is 13.2. The molecule has 2 N–H and O–H groups in total. The van der Waals surface area contributed by atoms with E-state index in [1.807, 2.05) is 6.07 Å². The van der Waals surface area contributed by atoms with E-state index >= 15 is 0 Å². The molecule has 0 saturated carbocycles. The smallest absolute Gasteiger partial charge is 0.321 e. The van der Waals surface area contributed by atoms with Crippen molar-refractivity contribution in [3.8, 4) is 10.4 Å². The first kappa shape index (κ1) is 20.0. The van der Waals surface area contributed by atoms with E-state index in [4.69, 9.17) is 4.42 Å². The Balaban J connectivity index is 1.38. The maximum Gasteiger partial charge on any atom is 0.321 e. The second-order valence-corrected chi connectivity index (χ2v) is 8.13. The van der Waals surface area contributed by atoms with Gasteiger partial charge in [-0.25, -0.2) is 19.2 Å². The standard InChI is InChI=1S/C20H15FN4O3S2/c21-13-5-3-12(4-6-13)16-8-15-18(30-16)19(24-11-23-15)29-10-17(26)25-20(27)22-9-14-2-1-7-28-14/h1-8,11H,9-10H2,(H2,22,25,26,27). The van der Waals surface area contributed by atoms with E-state index in [9.17, 15) is 14.0 Å². The minimum Gasteiger partial charge on any atom is -0.467 e. The van der Waals surface area contributed by atoms with Gasteiger partial charge >= 0.3 is 6.03 Å². The molecule has 0 aliphatic rings. The highest BCUT2D eigenvalue weighted by atomic mass is 32.2. The van der Waals surface area contributed by atoms with Gasteiger partial charge in [0.25, 0.3) is 0 Å². The van der Waals surface area contributed by atoms with Gasteiger partial charge in [-0.15, -0.1) is 11.3 Å². The fourth-order valence-corrected chi connectivity index (χ4v) is 4.61. The van der Waals surface area contributed by atoms with Crippen LogP contribution in [-0.4, -0.2) is 27.7 Å². The van der Waals surface area contributed by atoms with E-state index in [2.05, 4.69) is 20.6 Å². The van der Waals surface area contributed by atoms with Crippen molar-refractivity contribution in [2.75, 3.05) is 5.75 Å². The molecule has 4 rings (SSSR count). The van der Waals surface area contributed by atoms with Gasteiger partial charge in [-0.2, -0.15) is 0 Å². The second-order valence-electron chi connectivity index (χ2n) is 6.11. The van der Waals surface area contributed by atoms with Gasteiger partial charge in [0.05, 0.1) is 28.8 Å². The van der Waals surface area contributed by atoms with Crippen LogP contribution in [0.5, 0.6) is 0 Å². The number of carbonyl (C=O) groups excluding carboxylic acids is 2. The van der Waals surface area contributed by atoms with Crippen LogP contribution in [-0.2, 0) is 11.3 Å². The third kappa shape index (κ3) is 4.84. The molecule has 0 atom stereocenters. The zero-order valence-corrected chi connectivity index (χ0v) is 17.1. The van der Waals surface area contributed by atoms with Crippen molar-refractivity contribution < 1.29 is 18.4 Å². The molecule has 4 aromatic rings. The number of carbonyl (C=O) groups is 2. The summed E-state index contributed by atoms with van der Waals surface area (Å²) >= 11 is 2.68. The largest absolute Gasteiger partial charge is 0.467 e. The Hall–Kier alpha value is -3.24. The van der Waals surface area contributed by atoms with Gasteiger partial charge in [0.2, 0.25) is 5.91 Å². The van der Waals surface area contributed by atoms with Crippen molar-refractivity contribution in [1.82, 2.24) is 20.6 Å². The summed E-state index contributed by atoms with van der Waals surface area (Å²) in [6.45, 7) is 0.188. The number of nitrogens with one attached hydrogen (secondary N) is 2. The number of urea groups is 1. The molecule has 1 aromatic carbocycles. The van der Waals surface area contributed by atoms with Crippen molar-refractivity contribution in [2.24, 2.45) is 0 Å². The number of hydrogen-bond donors (Lipinski definition) is 2. The SMILES string of the molecule is O=C(CSc1ncnc2cc(-c3ccc(F)cc3)sc12)NC(=O)NCc1ccco1. The highest BCUT2D eigenvalue weighted by Gasteiger charge is 2.14. The molecule has 0 spiro atoms. The molecular weight excluding hydrogens is 427 g/mol. The lowest BCUT2D eigenvalue weighted by Crippen LogP contribution is -2.39. The van der Waals surface area contributed by atoms with Gasteiger partial charge in [0, 0.05) is 4.88 Å². The number of hydrogen-bond acceptors (Lipinski definition) is 7. The van der Waals surface area contributed by atoms with Crippen LogP contribution in [0.3, 0.4) is 0 Å². The Morgan fingerprint density at radius 3 is 2.77 bits per heavy atom. The molecule has 152 valence electrons. The number of imide groups is 1. The number of aromatic nitrogens is 2. The number of nitrogens with zero attached hydrogens (tertiary/aromatic N) is 2. The average Bonchev–Trinajstić information content (AvgIpc) is 3.41. The molecule has 7 nitrogen and oxygen atoms in total. The lowest BCUT2D eigenvalue weighted by Gasteiger charge is -2.05. The zero-order valence-electron chi connectivity index (χ0n) is 15.4. The summed E-state index contributed by atoms with van der Waals surface area (Å²) in [5.41, 5.74) is 1.62. The molecule has 3 aromatic heterocycles. The lowest BCUT2D eigenvalue weighted by molar-refractivity contribution is -0.117. The highest BCUT2D eigenvalue weighted by Crippen LogP contribution is 2.36. The molecular formula is C20H15FN4O3S2. The predicted octanol–water partition coefficient (Wildman–Crippen LogP) is 4.21. The van der Waals surface area contributed by atoms with Crippen LogP contribution in [0.25, 0.3) is 20.7 Å². The second kappa shape index (κ2) is 9.06. The number of thiophene rings is 1. The molecule has 3 heterocycles. The van der Waals surface area contributed by atoms with Crippen molar-refractivity contribution >= 4 is 45.3 Å². The molecule has 0 saturated heterocycles. The number of halogens is 1. The van der Waals surface area contributed by atoms with Gasteiger partial charge in [-0.3, -0.25) is 10.1 Å². The number of fused-ring (bicyclic) bond motifs is 1. The van der Waals surface area contributed by atoms with E-state index < -0.39 is 11.9 Å². The van der Waals surface area contributed by atoms with Crippen molar-refractivity contribution in [3.05, 3.63) is 66.6 Å². The normalized spacial score (nSPS) is 10.8. The van der Waals surface area contributed by atoms with Gasteiger partial charge in [-0.05, 0) is 35.9 Å². The Labute approximate surface area is 178 Å². The number of thioether (sulfide) groups is 1. The summed E-state index contributed by atoms with van der Waals surface area (Å²) < 4.78 is 19.1. The van der Waals surface area contributed by atoms with Gasteiger partial charge in [-0.1, -0.05) is 23.9 Å². The molecule has 0 unspecified atom stereocenters. The molecule has 0 aliphatic carbocycles. The van der Waals surface area contributed by atoms with Crippen LogP contribution in [0.2, 0.25) is 0 Å². The van der Waals surface area contributed by atoms with E-state index in [0.717, 1.165) is 20.7 Å². The first-order valence-electron chi connectivity index (χ1n) is 8.82. The fourth-order valence-electron chi connectivity index (χ4n) is 2.61. The molecule has 0 fully saturated rings. The summed E-state index contributed by atoms with van der Waals surface area (Å²) in [5.74, 6) is -0.136. The topological polar surface area (TPSA) is 97.1 Å². The Morgan fingerprint density at radius 1 is 1.17 bits per heavy atom. The van der Waals surface area contributed by atoms with Gasteiger partial charge in [0.1, 0.15) is 22.9 Å². The summed E-state index contributed by atoms with van der Waals surface area (Å²) in [4.78, 5) is 33.4. The van der Waals surface area contributed by atoms with Crippen LogP contribution < -0.4 is 10.6 Å². The zero-order chi connectivity index (χ0) is 20.9. The number of furan rings is 1. The van der Waals surface area contributed by atoms with Gasteiger partial charge in [0.15, 0.2) is 0 Å². The first-order valence-corrected chi connectivity index (χ1v) is 10.6.